The number of carbonyl (C=O) groups is 1. The van der Waals surface area contributed by atoms with Gasteiger partial charge in [-0.3, -0.25) is 4.79 Å². The molecule has 0 aliphatic carbocycles. The van der Waals surface area contributed by atoms with Gasteiger partial charge in [0, 0.05) is 33.0 Å². The number of likely N-dealkylation sites (N-methyl/N-ethyl adjacent to an activating group) is 1. The molecule has 0 saturated carbocycles. The zero-order chi connectivity index (χ0) is 14.3. The van der Waals surface area contributed by atoms with Crippen molar-refractivity contribution in [2.24, 2.45) is 0 Å². The molecule has 0 saturated heterocycles. The molecule has 1 N–H and O–H groups in total. The van der Waals surface area contributed by atoms with Crippen LogP contribution in [0.1, 0.15) is 13.8 Å². The number of nitrogens with zero attached hydrogens (tertiary/aromatic N) is 1. The van der Waals surface area contributed by atoms with Crippen LogP contribution in [0.3, 0.4) is 0 Å². The number of sulfone groups is 1. The second-order valence-corrected chi connectivity index (χ2v) is 6.85. The van der Waals surface area contributed by atoms with Crippen LogP contribution in [0.5, 0.6) is 0 Å². The third-order valence-electron chi connectivity index (χ3n) is 3.12. The molecule has 108 valence electrons. The Morgan fingerprint density at radius 2 is 1.94 bits per heavy atom. The molecule has 1 amide bonds. The lowest BCUT2D eigenvalue weighted by Crippen LogP contribution is -2.47. The standard InChI is InChI=1S/C11H24N2O4S/c1-9(10(2)18(5,15)16)13(3)11(14)8-12-6-7-17-4/h9-10,12H,6-8H2,1-5H3. The molecule has 0 rings (SSSR count). The number of carbonyl (C=O) groups excluding carboxylic acids is 1. The Morgan fingerprint density at radius 1 is 1.39 bits per heavy atom. The van der Waals surface area contributed by atoms with Crippen LogP contribution in [0, 0.1) is 0 Å². The first-order valence-electron chi connectivity index (χ1n) is 5.86. The first-order chi connectivity index (χ1) is 8.21. The lowest BCUT2D eigenvalue weighted by molar-refractivity contribution is -0.130. The molecular formula is C11H24N2O4S. The van der Waals surface area contributed by atoms with Gasteiger partial charge in [0.15, 0.2) is 9.84 Å². The van der Waals surface area contributed by atoms with E-state index >= 15 is 0 Å². The second kappa shape index (κ2) is 7.70. The van der Waals surface area contributed by atoms with Gasteiger partial charge in [0.25, 0.3) is 0 Å². The fourth-order valence-corrected chi connectivity index (χ4v) is 2.29. The van der Waals surface area contributed by atoms with E-state index in [9.17, 15) is 13.2 Å². The zero-order valence-corrected chi connectivity index (χ0v) is 12.6. The normalized spacial score (nSPS) is 15.2. The van der Waals surface area contributed by atoms with E-state index in [0.717, 1.165) is 0 Å². The maximum Gasteiger partial charge on any atom is 0.236 e. The Bertz CT molecular complexity index is 356. The molecule has 0 spiro atoms. The summed E-state index contributed by atoms with van der Waals surface area (Å²) in [4.78, 5) is 13.3. The summed E-state index contributed by atoms with van der Waals surface area (Å²) in [6.07, 6.45) is 1.18. The van der Waals surface area contributed by atoms with Gasteiger partial charge in [0.05, 0.1) is 18.4 Å². The topological polar surface area (TPSA) is 75.7 Å². The van der Waals surface area contributed by atoms with E-state index < -0.39 is 15.1 Å². The number of ether oxygens (including phenoxy) is 1. The monoisotopic (exact) mass is 280 g/mol. The summed E-state index contributed by atoms with van der Waals surface area (Å²) >= 11 is 0. The quantitative estimate of drug-likeness (QED) is 0.607. The Balaban J connectivity index is 4.29. The third-order valence-corrected chi connectivity index (χ3v) is 4.86. The van der Waals surface area contributed by atoms with E-state index in [1.54, 1.807) is 28.0 Å². The lowest BCUT2D eigenvalue weighted by Gasteiger charge is -2.29. The molecule has 0 aliphatic heterocycles. The summed E-state index contributed by atoms with van der Waals surface area (Å²) in [6.45, 7) is 4.65. The first-order valence-corrected chi connectivity index (χ1v) is 7.81. The Hall–Kier alpha value is -0.660. The zero-order valence-electron chi connectivity index (χ0n) is 11.8. The Morgan fingerprint density at radius 3 is 2.39 bits per heavy atom. The van der Waals surface area contributed by atoms with Crippen molar-refractivity contribution >= 4 is 15.7 Å². The summed E-state index contributed by atoms with van der Waals surface area (Å²) in [6, 6.07) is -0.350. The van der Waals surface area contributed by atoms with Gasteiger partial charge in [0.2, 0.25) is 5.91 Å². The van der Waals surface area contributed by atoms with Crippen molar-refractivity contribution < 1.29 is 17.9 Å². The van der Waals surface area contributed by atoms with Gasteiger partial charge in [-0.2, -0.15) is 0 Å². The summed E-state index contributed by atoms with van der Waals surface area (Å²) < 4.78 is 27.7. The molecule has 2 atom stereocenters. The van der Waals surface area contributed by atoms with Crippen molar-refractivity contribution in [3.05, 3.63) is 0 Å². The van der Waals surface area contributed by atoms with Crippen molar-refractivity contribution in [2.75, 3.05) is 40.1 Å². The second-order valence-electron chi connectivity index (χ2n) is 4.45. The minimum Gasteiger partial charge on any atom is -0.383 e. The molecule has 18 heavy (non-hydrogen) atoms. The van der Waals surface area contributed by atoms with E-state index in [-0.39, 0.29) is 18.5 Å². The van der Waals surface area contributed by atoms with Crippen molar-refractivity contribution in [1.82, 2.24) is 10.2 Å². The average molecular weight is 280 g/mol. The van der Waals surface area contributed by atoms with E-state index in [4.69, 9.17) is 4.74 Å². The molecule has 2 unspecified atom stereocenters. The van der Waals surface area contributed by atoms with Crippen molar-refractivity contribution in [3.63, 3.8) is 0 Å². The molecule has 0 bridgehead atoms. The van der Waals surface area contributed by atoms with E-state index in [0.29, 0.717) is 13.2 Å². The molecule has 0 heterocycles. The van der Waals surface area contributed by atoms with E-state index in [1.807, 2.05) is 0 Å². The van der Waals surface area contributed by atoms with Crippen LogP contribution in [0.4, 0.5) is 0 Å². The Labute approximate surface area is 110 Å². The predicted molar refractivity (Wildman–Crippen MR) is 71.3 cm³/mol. The number of amides is 1. The van der Waals surface area contributed by atoms with Gasteiger partial charge in [-0.15, -0.1) is 0 Å². The highest BCUT2D eigenvalue weighted by Crippen LogP contribution is 2.09. The van der Waals surface area contributed by atoms with Gasteiger partial charge in [0.1, 0.15) is 0 Å². The number of methoxy groups -OCH3 is 1. The highest BCUT2D eigenvalue weighted by atomic mass is 32.2. The van der Waals surface area contributed by atoms with Gasteiger partial charge in [-0.25, -0.2) is 8.42 Å². The summed E-state index contributed by atoms with van der Waals surface area (Å²) in [5, 5.41) is 2.36. The summed E-state index contributed by atoms with van der Waals surface area (Å²) in [5.74, 6) is -0.130. The van der Waals surface area contributed by atoms with Gasteiger partial charge < -0.3 is 15.0 Å². The average Bonchev–Trinajstić information content (AvgIpc) is 2.30. The van der Waals surface area contributed by atoms with Crippen LogP contribution in [0.2, 0.25) is 0 Å². The molecule has 0 radical (unpaired) electrons. The molecule has 0 fully saturated rings. The fourth-order valence-electron chi connectivity index (χ4n) is 1.39. The third kappa shape index (κ3) is 5.79. The molecule has 0 aromatic rings. The van der Waals surface area contributed by atoms with Crippen LogP contribution < -0.4 is 5.32 Å². The minimum atomic E-state index is -3.14. The lowest BCUT2D eigenvalue weighted by atomic mass is 10.2. The maximum absolute atomic E-state index is 11.8. The highest BCUT2D eigenvalue weighted by molar-refractivity contribution is 7.91. The molecule has 7 heteroatoms. The predicted octanol–water partition coefficient (Wildman–Crippen LogP) is -0.498. The van der Waals surface area contributed by atoms with E-state index in [2.05, 4.69) is 5.32 Å². The van der Waals surface area contributed by atoms with Gasteiger partial charge >= 0.3 is 0 Å². The molecule has 0 aromatic heterocycles. The van der Waals surface area contributed by atoms with Gasteiger partial charge in [-0.05, 0) is 13.8 Å². The van der Waals surface area contributed by atoms with Crippen LogP contribution in [-0.4, -0.2) is 70.6 Å². The largest absolute Gasteiger partial charge is 0.383 e. The highest BCUT2D eigenvalue weighted by Gasteiger charge is 2.27. The molecule has 0 aromatic carbocycles. The first kappa shape index (κ1) is 17.3. The van der Waals surface area contributed by atoms with Crippen molar-refractivity contribution in [1.29, 1.82) is 0 Å². The van der Waals surface area contributed by atoms with Gasteiger partial charge in [-0.1, -0.05) is 0 Å². The van der Waals surface area contributed by atoms with Crippen LogP contribution in [-0.2, 0) is 19.4 Å². The van der Waals surface area contributed by atoms with Crippen molar-refractivity contribution in [3.8, 4) is 0 Å². The summed E-state index contributed by atoms with van der Waals surface area (Å²) in [5.41, 5.74) is 0. The summed E-state index contributed by atoms with van der Waals surface area (Å²) in [7, 11) is 0.0625. The Kier molecular flexibility index (Phi) is 7.42. The molecule has 6 nitrogen and oxygen atoms in total. The maximum atomic E-state index is 11.8. The van der Waals surface area contributed by atoms with Crippen LogP contribution in [0.15, 0.2) is 0 Å². The minimum absolute atomic E-state index is 0.130. The van der Waals surface area contributed by atoms with Crippen LogP contribution >= 0.6 is 0 Å². The fraction of sp³-hybridized carbons (Fsp3) is 0.909. The smallest absolute Gasteiger partial charge is 0.236 e. The van der Waals surface area contributed by atoms with Crippen molar-refractivity contribution in [2.45, 2.75) is 25.1 Å². The SMILES string of the molecule is COCCNCC(=O)N(C)C(C)C(C)S(C)(=O)=O. The molecular weight excluding hydrogens is 256 g/mol. The van der Waals surface area contributed by atoms with E-state index in [1.165, 1.54) is 11.2 Å². The number of hydrogen-bond acceptors (Lipinski definition) is 5. The number of rotatable bonds is 8. The van der Waals surface area contributed by atoms with Crippen LogP contribution in [0.25, 0.3) is 0 Å². The molecule has 0 aliphatic rings. The number of nitrogens with one attached hydrogen (secondary N) is 1. The number of hydrogen-bond donors (Lipinski definition) is 1.